The summed E-state index contributed by atoms with van der Waals surface area (Å²) in [5.74, 6) is 1.59. The van der Waals surface area contributed by atoms with Crippen LogP contribution in [-0.4, -0.2) is 17.7 Å². The van der Waals surface area contributed by atoms with Gasteiger partial charge in [-0.25, -0.2) is 4.99 Å². The zero-order valence-electron chi connectivity index (χ0n) is 12.1. The first-order valence-electron chi connectivity index (χ1n) is 6.70. The van der Waals surface area contributed by atoms with Crippen LogP contribution >= 0.6 is 0 Å². The van der Waals surface area contributed by atoms with Crippen molar-refractivity contribution in [2.75, 3.05) is 6.54 Å². The molecule has 0 aliphatic heterocycles. The minimum absolute atomic E-state index is 0.392. The summed E-state index contributed by atoms with van der Waals surface area (Å²) in [7, 11) is 0. The summed E-state index contributed by atoms with van der Waals surface area (Å²) in [6, 6.07) is 1.97. The molecule has 1 aromatic heterocycles. The van der Waals surface area contributed by atoms with Crippen LogP contribution in [0.1, 0.15) is 51.0 Å². The van der Waals surface area contributed by atoms with Gasteiger partial charge in [0.25, 0.3) is 0 Å². The summed E-state index contributed by atoms with van der Waals surface area (Å²) in [6.07, 6.45) is 2.13. The number of nitrogens with zero attached hydrogens (tertiary/aromatic N) is 2. The molecular weight excluding hydrogens is 240 g/mol. The van der Waals surface area contributed by atoms with E-state index >= 15 is 0 Å². The third-order valence-electron chi connectivity index (χ3n) is 2.96. The van der Waals surface area contributed by atoms with E-state index in [1.807, 2.05) is 13.0 Å². The molecule has 0 fully saturated rings. The summed E-state index contributed by atoms with van der Waals surface area (Å²) in [4.78, 5) is 4.20. The highest BCUT2D eigenvalue weighted by Gasteiger charge is 2.12. The normalized spacial score (nSPS) is 11.9. The van der Waals surface area contributed by atoms with E-state index in [0.29, 0.717) is 25.0 Å². The number of nitrogens with two attached hydrogens (primary N) is 1. The first kappa shape index (κ1) is 15.3. The predicted octanol–water partition coefficient (Wildman–Crippen LogP) is 2.56. The maximum atomic E-state index is 5.72. The second kappa shape index (κ2) is 7.61. The van der Waals surface area contributed by atoms with Crippen LogP contribution in [0.3, 0.4) is 0 Å². The highest BCUT2D eigenvalue weighted by Crippen LogP contribution is 2.22. The van der Waals surface area contributed by atoms with Crippen LogP contribution < -0.4 is 11.1 Å². The smallest absolute Gasteiger partial charge is 0.189 e. The van der Waals surface area contributed by atoms with E-state index in [4.69, 9.17) is 10.3 Å². The molecule has 0 amide bonds. The van der Waals surface area contributed by atoms with Crippen molar-refractivity contribution in [3.8, 4) is 0 Å². The third kappa shape index (κ3) is 5.16. The highest BCUT2D eigenvalue weighted by atomic mass is 16.5. The van der Waals surface area contributed by atoms with Crippen LogP contribution in [0.15, 0.2) is 27.7 Å². The second-order valence-electron chi connectivity index (χ2n) is 4.74. The number of hydrogen-bond acceptors (Lipinski definition) is 3. The fourth-order valence-electron chi connectivity index (χ4n) is 1.76. The van der Waals surface area contributed by atoms with Gasteiger partial charge in [0.2, 0.25) is 0 Å². The molecule has 0 radical (unpaired) electrons. The molecule has 1 rings (SSSR count). The van der Waals surface area contributed by atoms with E-state index in [9.17, 15) is 0 Å². The number of aliphatic imine (C=N–C) groups is 1. The first-order valence-corrected chi connectivity index (χ1v) is 6.70. The summed E-state index contributed by atoms with van der Waals surface area (Å²) in [6.45, 7) is 11.1. The van der Waals surface area contributed by atoms with Crippen LogP contribution in [-0.2, 0) is 6.54 Å². The summed E-state index contributed by atoms with van der Waals surface area (Å²) in [5, 5.41) is 7.06. The topological polar surface area (TPSA) is 76.4 Å². The number of aromatic nitrogens is 1. The lowest BCUT2D eigenvalue weighted by Crippen LogP contribution is -2.32. The average Bonchev–Trinajstić information content (AvgIpc) is 2.84. The maximum Gasteiger partial charge on any atom is 0.189 e. The van der Waals surface area contributed by atoms with E-state index in [-0.39, 0.29) is 0 Å². The van der Waals surface area contributed by atoms with Gasteiger partial charge in [0.15, 0.2) is 11.7 Å². The van der Waals surface area contributed by atoms with Gasteiger partial charge in [-0.05, 0) is 19.8 Å². The minimum Gasteiger partial charge on any atom is -0.370 e. The molecule has 0 aliphatic rings. The van der Waals surface area contributed by atoms with Crippen LogP contribution in [0.2, 0.25) is 0 Å². The lowest BCUT2D eigenvalue weighted by atomic mass is 9.99. The molecule has 0 spiro atoms. The van der Waals surface area contributed by atoms with Crippen LogP contribution in [0.5, 0.6) is 0 Å². The molecule has 0 aromatic carbocycles. The fourth-order valence-corrected chi connectivity index (χ4v) is 1.76. The molecular formula is C14H24N4O. The molecule has 0 aliphatic carbocycles. The van der Waals surface area contributed by atoms with E-state index in [0.717, 1.165) is 29.9 Å². The minimum atomic E-state index is 0.392. The Balaban J connectivity index is 2.53. The molecule has 0 saturated carbocycles. The molecule has 19 heavy (non-hydrogen) atoms. The van der Waals surface area contributed by atoms with Gasteiger partial charge < -0.3 is 15.6 Å². The van der Waals surface area contributed by atoms with Crippen molar-refractivity contribution in [3.05, 3.63) is 29.7 Å². The molecule has 3 N–H and O–H groups in total. The third-order valence-corrected chi connectivity index (χ3v) is 2.96. The lowest BCUT2D eigenvalue weighted by molar-refractivity contribution is 0.372. The quantitative estimate of drug-likeness (QED) is 0.451. The van der Waals surface area contributed by atoms with Gasteiger partial charge in [0, 0.05) is 18.5 Å². The van der Waals surface area contributed by atoms with E-state index < -0.39 is 0 Å². The average molecular weight is 264 g/mol. The second-order valence-corrected chi connectivity index (χ2v) is 4.74. The van der Waals surface area contributed by atoms with Gasteiger partial charge in [-0.2, -0.15) is 0 Å². The van der Waals surface area contributed by atoms with Crippen LogP contribution in [0.4, 0.5) is 0 Å². The Kier molecular flexibility index (Phi) is 6.12. The SMILES string of the molecule is C=C(C)CNC(N)=NCc1cc(C(CC)CC)no1. The van der Waals surface area contributed by atoms with Gasteiger partial charge in [-0.1, -0.05) is 31.2 Å². The van der Waals surface area contributed by atoms with Crippen molar-refractivity contribution in [2.45, 2.75) is 46.1 Å². The van der Waals surface area contributed by atoms with Crippen molar-refractivity contribution in [3.63, 3.8) is 0 Å². The number of hydrogen-bond donors (Lipinski definition) is 2. The van der Waals surface area contributed by atoms with Crippen molar-refractivity contribution in [1.29, 1.82) is 0 Å². The Labute approximate surface area is 115 Å². The predicted molar refractivity (Wildman–Crippen MR) is 78.0 cm³/mol. The van der Waals surface area contributed by atoms with E-state index in [1.165, 1.54) is 0 Å². The summed E-state index contributed by atoms with van der Waals surface area (Å²) >= 11 is 0. The Morgan fingerprint density at radius 1 is 1.53 bits per heavy atom. The van der Waals surface area contributed by atoms with Crippen molar-refractivity contribution in [1.82, 2.24) is 10.5 Å². The molecule has 0 atom stereocenters. The molecule has 1 aromatic rings. The lowest BCUT2D eigenvalue weighted by Gasteiger charge is -2.05. The van der Waals surface area contributed by atoms with Gasteiger partial charge in [-0.3, -0.25) is 0 Å². The van der Waals surface area contributed by atoms with Crippen molar-refractivity contribution < 1.29 is 4.52 Å². The van der Waals surface area contributed by atoms with Crippen LogP contribution in [0, 0.1) is 0 Å². The number of rotatable bonds is 7. The van der Waals surface area contributed by atoms with Crippen LogP contribution in [0.25, 0.3) is 0 Å². The van der Waals surface area contributed by atoms with Gasteiger partial charge in [0.05, 0.1) is 5.69 Å². The Bertz CT molecular complexity index is 432. The first-order chi connectivity index (χ1) is 9.06. The van der Waals surface area contributed by atoms with Gasteiger partial charge in [0.1, 0.15) is 6.54 Å². The fraction of sp³-hybridized carbons (Fsp3) is 0.571. The zero-order valence-corrected chi connectivity index (χ0v) is 12.1. The molecule has 0 bridgehead atoms. The standard InChI is InChI=1S/C14H24N4O/c1-5-11(6-2)13-7-12(19-18-13)9-17-14(15)16-8-10(3)4/h7,11H,3,5-6,8-9H2,1-2,4H3,(H3,15,16,17). The van der Waals surface area contributed by atoms with Crippen molar-refractivity contribution in [2.24, 2.45) is 10.7 Å². The summed E-state index contributed by atoms with van der Waals surface area (Å²) < 4.78 is 5.27. The Morgan fingerprint density at radius 3 is 2.79 bits per heavy atom. The van der Waals surface area contributed by atoms with E-state index in [1.54, 1.807) is 0 Å². The Morgan fingerprint density at radius 2 is 2.21 bits per heavy atom. The van der Waals surface area contributed by atoms with Crippen molar-refractivity contribution >= 4 is 5.96 Å². The molecule has 0 unspecified atom stereocenters. The molecule has 0 saturated heterocycles. The monoisotopic (exact) mass is 264 g/mol. The number of nitrogens with one attached hydrogen (secondary N) is 1. The molecule has 5 nitrogen and oxygen atoms in total. The zero-order chi connectivity index (χ0) is 14.3. The number of guanidine groups is 1. The molecule has 1 heterocycles. The summed E-state index contributed by atoms with van der Waals surface area (Å²) in [5.41, 5.74) is 7.74. The van der Waals surface area contributed by atoms with Gasteiger partial charge in [-0.15, -0.1) is 0 Å². The Hall–Kier alpha value is -1.78. The molecule has 5 heteroatoms. The largest absolute Gasteiger partial charge is 0.370 e. The molecule has 106 valence electrons. The van der Waals surface area contributed by atoms with Gasteiger partial charge >= 0.3 is 0 Å². The van der Waals surface area contributed by atoms with E-state index in [2.05, 4.69) is 35.9 Å². The highest BCUT2D eigenvalue weighted by molar-refractivity contribution is 5.77. The maximum absolute atomic E-state index is 5.72.